The van der Waals surface area contributed by atoms with Gasteiger partial charge in [-0.2, -0.15) is 0 Å². The van der Waals surface area contributed by atoms with Gasteiger partial charge < -0.3 is 4.90 Å². The standard InChI is InChI=1S/C12H15N/c1-13-6-5-11-7-9-3-2-4-10(9)8-12(11)13/h7-8H,2-6H2,1H3. The Labute approximate surface area is 79.4 Å². The Bertz CT molecular complexity index is 354. The summed E-state index contributed by atoms with van der Waals surface area (Å²) < 4.78 is 0. The van der Waals surface area contributed by atoms with Gasteiger partial charge in [0, 0.05) is 19.3 Å². The number of fused-ring (bicyclic) bond motifs is 2. The molecule has 0 spiro atoms. The molecule has 3 rings (SSSR count). The van der Waals surface area contributed by atoms with Crippen LogP contribution in [0.25, 0.3) is 0 Å². The van der Waals surface area contributed by atoms with Crippen LogP contribution in [-0.2, 0) is 19.3 Å². The average Bonchev–Trinajstić information content (AvgIpc) is 2.70. The van der Waals surface area contributed by atoms with Gasteiger partial charge in [0.1, 0.15) is 0 Å². The molecule has 0 saturated carbocycles. The topological polar surface area (TPSA) is 3.24 Å². The molecule has 68 valence electrons. The predicted molar refractivity (Wildman–Crippen MR) is 55.4 cm³/mol. The molecule has 0 radical (unpaired) electrons. The van der Waals surface area contributed by atoms with Gasteiger partial charge in [0.25, 0.3) is 0 Å². The number of hydrogen-bond donors (Lipinski definition) is 0. The van der Waals surface area contributed by atoms with Crippen LogP contribution in [0.3, 0.4) is 0 Å². The maximum atomic E-state index is 2.45. The lowest BCUT2D eigenvalue weighted by Crippen LogP contribution is -2.12. The highest BCUT2D eigenvalue weighted by Gasteiger charge is 2.20. The van der Waals surface area contributed by atoms with Gasteiger partial charge >= 0.3 is 0 Å². The van der Waals surface area contributed by atoms with E-state index in [1.807, 2.05) is 0 Å². The third-order valence-corrected chi connectivity index (χ3v) is 3.42. The van der Waals surface area contributed by atoms with Crippen LogP contribution in [0, 0.1) is 0 Å². The van der Waals surface area contributed by atoms with Crippen molar-refractivity contribution in [2.24, 2.45) is 0 Å². The van der Waals surface area contributed by atoms with Crippen LogP contribution in [0.2, 0.25) is 0 Å². The molecule has 1 aliphatic heterocycles. The molecular formula is C12H15N. The van der Waals surface area contributed by atoms with Crippen LogP contribution in [0.4, 0.5) is 5.69 Å². The normalized spacial score (nSPS) is 19.0. The maximum Gasteiger partial charge on any atom is 0.0399 e. The monoisotopic (exact) mass is 173 g/mol. The minimum Gasteiger partial charge on any atom is -0.374 e. The summed E-state index contributed by atoms with van der Waals surface area (Å²) in [5, 5.41) is 0. The molecule has 1 aromatic carbocycles. The zero-order valence-corrected chi connectivity index (χ0v) is 8.14. The lowest BCUT2D eigenvalue weighted by Gasteiger charge is -2.13. The Hall–Kier alpha value is -0.980. The summed E-state index contributed by atoms with van der Waals surface area (Å²) in [7, 11) is 2.20. The quantitative estimate of drug-likeness (QED) is 0.581. The molecule has 1 nitrogen and oxygen atoms in total. The predicted octanol–water partition coefficient (Wildman–Crippen LogP) is 2.17. The zero-order chi connectivity index (χ0) is 8.84. The van der Waals surface area contributed by atoms with Crippen molar-refractivity contribution in [1.29, 1.82) is 0 Å². The fourth-order valence-electron chi connectivity index (χ4n) is 2.63. The van der Waals surface area contributed by atoms with Gasteiger partial charge in [-0.05, 0) is 48.4 Å². The second-order valence-corrected chi connectivity index (χ2v) is 4.27. The first kappa shape index (κ1) is 7.43. The highest BCUT2D eigenvalue weighted by Crippen LogP contribution is 2.33. The number of hydrogen-bond acceptors (Lipinski definition) is 1. The smallest absolute Gasteiger partial charge is 0.0399 e. The Kier molecular flexibility index (Phi) is 1.43. The summed E-state index contributed by atoms with van der Waals surface area (Å²) in [5.41, 5.74) is 6.28. The molecule has 0 aromatic heterocycles. The summed E-state index contributed by atoms with van der Waals surface area (Å²) in [6, 6.07) is 4.87. The minimum absolute atomic E-state index is 1.21. The van der Waals surface area contributed by atoms with E-state index < -0.39 is 0 Å². The van der Waals surface area contributed by atoms with Crippen molar-refractivity contribution < 1.29 is 0 Å². The molecule has 0 amide bonds. The number of anilines is 1. The van der Waals surface area contributed by atoms with E-state index in [0.29, 0.717) is 0 Å². The molecule has 0 bridgehead atoms. The second-order valence-electron chi connectivity index (χ2n) is 4.27. The number of likely N-dealkylation sites (N-methyl/N-ethyl adjacent to an activating group) is 1. The molecule has 1 aliphatic carbocycles. The van der Waals surface area contributed by atoms with Crippen LogP contribution < -0.4 is 4.90 Å². The lowest BCUT2D eigenvalue weighted by atomic mass is 10.0. The Balaban J connectivity index is 2.16. The van der Waals surface area contributed by atoms with E-state index >= 15 is 0 Å². The fourth-order valence-corrected chi connectivity index (χ4v) is 2.63. The van der Waals surface area contributed by atoms with E-state index in [2.05, 4.69) is 24.1 Å². The number of aryl methyl sites for hydroxylation is 2. The van der Waals surface area contributed by atoms with Gasteiger partial charge in [0.2, 0.25) is 0 Å². The van der Waals surface area contributed by atoms with E-state index in [-0.39, 0.29) is 0 Å². The molecule has 0 fully saturated rings. The highest BCUT2D eigenvalue weighted by molar-refractivity contribution is 5.61. The third kappa shape index (κ3) is 0.995. The first-order chi connectivity index (χ1) is 6.34. The van der Waals surface area contributed by atoms with Gasteiger partial charge in [0.05, 0.1) is 0 Å². The summed E-state index contributed by atoms with van der Waals surface area (Å²) in [6.07, 6.45) is 5.23. The van der Waals surface area contributed by atoms with Gasteiger partial charge in [-0.25, -0.2) is 0 Å². The molecule has 0 unspecified atom stereocenters. The number of nitrogens with zero attached hydrogens (tertiary/aromatic N) is 1. The molecule has 13 heavy (non-hydrogen) atoms. The maximum absolute atomic E-state index is 2.45. The van der Waals surface area contributed by atoms with Gasteiger partial charge in [-0.1, -0.05) is 6.07 Å². The van der Waals surface area contributed by atoms with Crippen LogP contribution >= 0.6 is 0 Å². The van der Waals surface area contributed by atoms with Crippen molar-refractivity contribution in [3.63, 3.8) is 0 Å². The van der Waals surface area contributed by atoms with Crippen molar-refractivity contribution >= 4 is 5.69 Å². The van der Waals surface area contributed by atoms with Crippen LogP contribution in [0.15, 0.2) is 12.1 Å². The molecule has 1 heteroatoms. The van der Waals surface area contributed by atoms with E-state index in [4.69, 9.17) is 0 Å². The van der Waals surface area contributed by atoms with E-state index in [1.54, 1.807) is 16.7 Å². The molecule has 0 N–H and O–H groups in total. The SMILES string of the molecule is CN1CCc2cc3c(cc21)CCC3. The molecule has 1 heterocycles. The zero-order valence-electron chi connectivity index (χ0n) is 8.14. The summed E-state index contributed by atoms with van der Waals surface area (Å²) in [6.45, 7) is 1.21. The molecule has 2 aliphatic rings. The molecule has 0 saturated heterocycles. The minimum atomic E-state index is 1.21. The Morgan fingerprint density at radius 1 is 1.00 bits per heavy atom. The van der Waals surface area contributed by atoms with E-state index in [0.717, 1.165) is 0 Å². The summed E-state index contributed by atoms with van der Waals surface area (Å²) in [4.78, 5) is 2.38. The van der Waals surface area contributed by atoms with Crippen molar-refractivity contribution in [1.82, 2.24) is 0 Å². The first-order valence-electron chi connectivity index (χ1n) is 5.20. The van der Waals surface area contributed by atoms with Crippen molar-refractivity contribution in [3.8, 4) is 0 Å². The Morgan fingerprint density at radius 3 is 2.62 bits per heavy atom. The third-order valence-electron chi connectivity index (χ3n) is 3.42. The fraction of sp³-hybridized carbons (Fsp3) is 0.500. The molecular weight excluding hydrogens is 158 g/mol. The average molecular weight is 173 g/mol. The van der Waals surface area contributed by atoms with Gasteiger partial charge in [0.15, 0.2) is 0 Å². The van der Waals surface area contributed by atoms with Gasteiger partial charge in [-0.15, -0.1) is 0 Å². The van der Waals surface area contributed by atoms with Crippen molar-refractivity contribution in [2.75, 3.05) is 18.5 Å². The van der Waals surface area contributed by atoms with Crippen LogP contribution in [-0.4, -0.2) is 13.6 Å². The van der Waals surface area contributed by atoms with Crippen LogP contribution in [0.5, 0.6) is 0 Å². The first-order valence-corrected chi connectivity index (χ1v) is 5.20. The largest absolute Gasteiger partial charge is 0.374 e. The van der Waals surface area contributed by atoms with Crippen molar-refractivity contribution in [3.05, 3.63) is 28.8 Å². The molecule has 0 atom stereocenters. The highest BCUT2D eigenvalue weighted by atomic mass is 15.1. The number of rotatable bonds is 0. The number of benzene rings is 1. The van der Waals surface area contributed by atoms with Gasteiger partial charge in [-0.3, -0.25) is 0 Å². The van der Waals surface area contributed by atoms with E-state index in [1.165, 1.54) is 37.9 Å². The molecule has 1 aromatic rings. The van der Waals surface area contributed by atoms with Crippen LogP contribution in [0.1, 0.15) is 23.1 Å². The summed E-state index contributed by atoms with van der Waals surface area (Å²) in [5.74, 6) is 0. The lowest BCUT2D eigenvalue weighted by molar-refractivity contribution is 0.908. The van der Waals surface area contributed by atoms with Crippen molar-refractivity contribution in [2.45, 2.75) is 25.7 Å². The van der Waals surface area contributed by atoms with E-state index in [9.17, 15) is 0 Å². The second kappa shape index (κ2) is 2.50. The Morgan fingerprint density at radius 2 is 1.77 bits per heavy atom. The summed E-state index contributed by atoms with van der Waals surface area (Å²) >= 11 is 0.